The number of aromatic nitrogens is 2. The number of ether oxygens (including phenoxy) is 2. The zero-order chi connectivity index (χ0) is 21.5. The lowest BCUT2D eigenvalue weighted by Crippen LogP contribution is -2.30. The van der Waals surface area contributed by atoms with Gasteiger partial charge in [-0.3, -0.25) is 9.59 Å². The number of thiazole rings is 1. The molecule has 0 radical (unpaired) electrons. The van der Waals surface area contributed by atoms with E-state index < -0.39 is 18.0 Å². The molecular formula is C21H20ClN3O4S. The number of rotatable bonds is 8. The van der Waals surface area contributed by atoms with Crippen molar-refractivity contribution >= 4 is 40.5 Å². The van der Waals surface area contributed by atoms with Gasteiger partial charge in [0, 0.05) is 11.6 Å². The molecule has 2 heterocycles. The van der Waals surface area contributed by atoms with Crippen LogP contribution in [0.3, 0.4) is 0 Å². The summed E-state index contributed by atoms with van der Waals surface area (Å²) in [4.78, 5) is 32.9. The maximum Gasteiger partial charge on any atom is 0.312 e. The molecule has 1 atom stereocenters. The molecule has 7 nitrogen and oxygen atoms in total. The Morgan fingerprint density at radius 2 is 2.03 bits per heavy atom. The van der Waals surface area contributed by atoms with Crippen molar-refractivity contribution in [2.24, 2.45) is 0 Å². The summed E-state index contributed by atoms with van der Waals surface area (Å²) in [6, 6.07) is 10.8. The number of nitrogens with one attached hydrogen (secondary N) is 1. The van der Waals surface area contributed by atoms with Crippen LogP contribution >= 0.6 is 22.9 Å². The van der Waals surface area contributed by atoms with Crippen LogP contribution in [0.1, 0.15) is 19.5 Å². The molecule has 1 aromatic carbocycles. The van der Waals surface area contributed by atoms with Gasteiger partial charge in [0.2, 0.25) is 0 Å². The Balaban J connectivity index is 1.59. The molecule has 2 aromatic heterocycles. The van der Waals surface area contributed by atoms with E-state index in [1.165, 1.54) is 24.5 Å². The second kappa shape index (κ2) is 10.2. The molecule has 3 aromatic rings. The number of pyridine rings is 1. The minimum Gasteiger partial charge on any atom is -0.493 e. The first-order chi connectivity index (χ1) is 14.5. The van der Waals surface area contributed by atoms with Gasteiger partial charge >= 0.3 is 5.97 Å². The van der Waals surface area contributed by atoms with Crippen molar-refractivity contribution in [2.75, 3.05) is 11.9 Å². The summed E-state index contributed by atoms with van der Waals surface area (Å²) in [6.07, 6.45) is 0.472. The monoisotopic (exact) mass is 445 g/mol. The normalized spacial score (nSPS) is 11.6. The number of nitrogens with zero attached hydrogens (tertiary/aromatic N) is 2. The lowest BCUT2D eigenvalue weighted by atomic mass is 10.2. The first-order valence-electron chi connectivity index (χ1n) is 9.25. The first kappa shape index (κ1) is 21.7. The number of hydrogen-bond donors (Lipinski definition) is 1. The average Bonchev–Trinajstić information content (AvgIpc) is 3.18. The quantitative estimate of drug-likeness (QED) is 0.409. The van der Waals surface area contributed by atoms with E-state index in [4.69, 9.17) is 21.1 Å². The molecule has 0 aliphatic heterocycles. The fourth-order valence-corrected chi connectivity index (χ4v) is 3.61. The maximum absolute atomic E-state index is 12.3. The van der Waals surface area contributed by atoms with Crippen LogP contribution in [0.4, 0.5) is 5.69 Å². The molecule has 0 aliphatic rings. The molecule has 0 aliphatic carbocycles. The van der Waals surface area contributed by atoms with Gasteiger partial charge in [0.05, 0.1) is 30.0 Å². The van der Waals surface area contributed by atoms with Crippen molar-refractivity contribution in [1.29, 1.82) is 0 Å². The van der Waals surface area contributed by atoms with Gasteiger partial charge < -0.3 is 14.8 Å². The van der Waals surface area contributed by atoms with Gasteiger partial charge in [0.1, 0.15) is 10.8 Å². The third-order valence-electron chi connectivity index (χ3n) is 3.99. The second-order valence-electron chi connectivity index (χ2n) is 6.21. The molecule has 0 saturated heterocycles. The Labute approximate surface area is 183 Å². The summed E-state index contributed by atoms with van der Waals surface area (Å²) in [5.74, 6) is -0.310. The third-order valence-corrected chi connectivity index (χ3v) is 5.21. The van der Waals surface area contributed by atoms with Crippen molar-refractivity contribution in [1.82, 2.24) is 9.97 Å². The van der Waals surface area contributed by atoms with Crippen LogP contribution in [0.25, 0.3) is 10.6 Å². The second-order valence-corrected chi connectivity index (χ2v) is 7.43. The number of para-hydroxylation sites is 1. The number of carbonyl (C=O) groups excluding carboxylic acids is 2. The van der Waals surface area contributed by atoms with Crippen LogP contribution in [-0.2, 0) is 20.7 Å². The van der Waals surface area contributed by atoms with Crippen LogP contribution in [0.15, 0.2) is 48.0 Å². The van der Waals surface area contributed by atoms with E-state index in [1.807, 2.05) is 31.2 Å². The van der Waals surface area contributed by atoms with Gasteiger partial charge in [-0.05, 0) is 38.1 Å². The summed E-state index contributed by atoms with van der Waals surface area (Å²) < 4.78 is 10.9. The van der Waals surface area contributed by atoms with Crippen molar-refractivity contribution in [3.63, 3.8) is 0 Å². The van der Waals surface area contributed by atoms with Crippen LogP contribution in [0, 0.1) is 0 Å². The van der Waals surface area contributed by atoms with E-state index in [1.54, 1.807) is 17.5 Å². The lowest BCUT2D eigenvalue weighted by Gasteiger charge is -2.13. The van der Waals surface area contributed by atoms with E-state index in [0.29, 0.717) is 18.0 Å². The average molecular weight is 446 g/mol. The molecule has 9 heteroatoms. The van der Waals surface area contributed by atoms with E-state index >= 15 is 0 Å². The largest absolute Gasteiger partial charge is 0.493 e. The van der Waals surface area contributed by atoms with Crippen LogP contribution < -0.4 is 10.1 Å². The molecule has 0 fully saturated rings. The molecule has 0 saturated carbocycles. The topological polar surface area (TPSA) is 90.4 Å². The highest BCUT2D eigenvalue weighted by atomic mass is 35.5. The standard InChI is InChI=1S/C21H20ClN3O4S/c1-3-28-17-9-5-4-7-15(17)21-24-14(12-30-21)11-18(26)29-13(2)20(27)25-16-8-6-10-23-19(16)22/h4-10,12-13H,3,11H2,1-2H3,(H,25,27). The van der Waals surface area contributed by atoms with Gasteiger partial charge in [-0.15, -0.1) is 11.3 Å². The summed E-state index contributed by atoms with van der Waals surface area (Å²) in [7, 11) is 0. The molecule has 1 unspecified atom stereocenters. The molecule has 0 spiro atoms. The lowest BCUT2D eigenvalue weighted by molar-refractivity contribution is -0.152. The van der Waals surface area contributed by atoms with Crippen LogP contribution in [0.2, 0.25) is 5.15 Å². The van der Waals surface area contributed by atoms with Crippen molar-refractivity contribution in [2.45, 2.75) is 26.4 Å². The van der Waals surface area contributed by atoms with Gasteiger partial charge in [-0.25, -0.2) is 9.97 Å². The van der Waals surface area contributed by atoms with E-state index in [-0.39, 0.29) is 11.6 Å². The highest BCUT2D eigenvalue weighted by molar-refractivity contribution is 7.13. The molecule has 30 heavy (non-hydrogen) atoms. The molecular weight excluding hydrogens is 426 g/mol. The number of amides is 1. The Morgan fingerprint density at radius 1 is 1.23 bits per heavy atom. The molecule has 1 amide bonds. The van der Waals surface area contributed by atoms with Crippen molar-refractivity contribution in [3.05, 3.63) is 58.8 Å². The summed E-state index contributed by atoms with van der Waals surface area (Å²) in [5.41, 5.74) is 1.78. The highest BCUT2D eigenvalue weighted by Gasteiger charge is 2.20. The summed E-state index contributed by atoms with van der Waals surface area (Å²) >= 11 is 7.33. The van der Waals surface area contributed by atoms with E-state index in [0.717, 1.165) is 16.3 Å². The number of halogens is 1. The Hall–Kier alpha value is -2.97. The zero-order valence-electron chi connectivity index (χ0n) is 16.4. The number of carbonyl (C=O) groups is 2. The molecule has 156 valence electrons. The smallest absolute Gasteiger partial charge is 0.312 e. The highest BCUT2D eigenvalue weighted by Crippen LogP contribution is 2.32. The Bertz CT molecular complexity index is 1040. The fraction of sp³-hybridized carbons (Fsp3) is 0.238. The Kier molecular flexibility index (Phi) is 7.37. The summed E-state index contributed by atoms with van der Waals surface area (Å²) in [6.45, 7) is 3.95. The van der Waals surface area contributed by atoms with Gasteiger partial charge in [0.15, 0.2) is 11.3 Å². The molecule has 0 bridgehead atoms. The van der Waals surface area contributed by atoms with E-state index in [2.05, 4.69) is 15.3 Å². The third kappa shape index (κ3) is 5.55. The number of benzene rings is 1. The van der Waals surface area contributed by atoms with Gasteiger partial charge in [0.25, 0.3) is 5.91 Å². The van der Waals surface area contributed by atoms with Gasteiger partial charge in [-0.2, -0.15) is 0 Å². The number of esters is 1. The maximum atomic E-state index is 12.3. The predicted molar refractivity (Wildman–Crippen MR) is 116 cm³/mol. The van der Waals surface area contributed by atoms with Crippen LogP contribution in [0.5, 0.6) is 5.75 Å². The molecule has 3 rings (SSSR count). The zero-order valence-corrected chi connectivity index (χ0v) is 18.0. The summed E-state index contributed by atoms with van der Waals surface area (Å²) in [5, 5.41) is 5.28. The van der Waals surface area contributed by atoms with Crippen molar-refractivity contribution < 1.29 is 19.1 Å². The minimum atomic E-state index is -0.995. The van der Waals surface area contributed by atoms with Crippen molar-refractivity contribution in [3.8, 4) is 16.3 Å². The number of anilines is 1. The SMILES string of the molecule is CCOc1ccccc1-c1nc(CC(=O)OC(C)C(=O)Nc2cccnc2Cl)cs1. The Morgan fingerprint density at radius 3 is 2.80 bits per heavy atom. The fourth-order valence-electron chi connectivity index (χ4n) is 2.59. The first-order valence-corrected chi connectivity index (χ1v) is 10.5. The van der Waals surface area contributed by atoms with Crippen LogP contribution in [-0.4, -0.2) is 34.6 Å². The van der Waals surface area contributed by atoms with E-state index in [9.17, 15) is 9.59 Å². The van der Waals surface area contributed by atoms with Gasteiger partial charge in [-0.1, -0.05) is 23.7 Å². The minimum absolute atomic E-state index is 0.0431. The number of hydrogen-bond acceptors (Lipinski definition) is 7. The molecule has 1 N–H and O–H groups in total. The predicted octanol–water partition coefficient (Wildman–Crippen LogP) is 4.37.